The quantitative estimate of drug-likeness (QED) is 0.638. The fourth-order valence-electron chi connectivity index (χ4n) is 1.01. The van der Waals surface area contributed by atoms with Crippen molar-refractivity contribution >= 4 is 23.1 Å². The first-order valence-corrected chi connectivity index (χ1v) is 3.92. The van der Waals surface area contributed by atoms with Crippen LogP contribution in [0.25, 0.3) is 11.0 Å². The maximum Gasteiger partial charge on any atom is 0.138 e. The van der Waals surface area contributed by atoms with E-state index in [1.165, 1.54) is 0 Å². The SMILES string of the molecule is OSc1c[nH]c2ncccc12. The van der Waals surface area contributed by atoms with E-state index >= 15 is 0 Å². The minimum atomic E-state index is 0.734. The van der Waals surface area contributed by atoms with Crippen LogP contribution in [0.15, 0.2) is 29.4 Å². The third-order valence-corrected chi connectivity index (χ3v) is 2.05. The highest BCUT2D eigenvalue weighted by atomic mass is 32.2. The molecule has 3 nitrogen and oxygen atoms in total. The van der Waals surface area contributed by atoms with Crippen LogP contribution in [-0.4, -0.2) is 14.5 Å². The van der Waals surface area contributed by atoms with Gasteiger partial charge in [0.1, 0.15) is 5.65 Å². The second-order valence-electron chi connectivity index (χ2n) is 2.14. The summed E-state index contributed by atoms with van der Waals surface area (Å²) < 4.78 is 8.79. The topological polar surface area (TPSA) is 48.9 Å². The molecule has 0 amide bonds. The molecule has 0 aliphatic rings. The monoisotopic (exact) mass is 166 g/mol. The van der Waals surface area contributed by atoms with Crippen LogP contribution in [0.3, 0.4) is 0 Å². The largest absolute Gasteiger partial charge is 0.345 e. The minimum Gasteiger partial charge on any atom is -0.345 e. The molecule has 0 bridgehead atoms. The second-order valence-corrected chi connectivity index (χ2v) is 2.77. The van der Waals surface area contributed by atoms with Crippen molar-refractivity contribution in [3.05, 3.63) is 24.5 Å². The molecule has 0 radical (unpaired) electrons. The molecule has 11 heavy (non-hydrogen) atoms. The highest BCUT2D eigenvalue weighted by Gasteiger charge is 2.01. The van der Waals surface area contributed by atoms with Gasteiger partial charge in [-0.25, -0.2) is 4.98 Å². The number of hydrogen-bond acceptors (Lipinski definition) is 3. The van der Waals surface area contributed by atoms with Crippen LogP contribution in [0.5, 0.6) is 0 Å². The highest BCUT2D eigenvalue weighted by molar-refractivity contribution is 7.94. The summed E-state index contributed by atoms with van der Waals surface area (Å²) in [7, 11) is 0. The standard InChI is InChI=1S/C7H6N2OS/c10-11-6-4-9-7-5(6)2-1-3-8-7/h1-4,10H,(H,8,9). The molecule has 0 saturated carbocycles. The zero-order chi connectivity index (χ0) is 7.68. The average molecular weight is 166 g/mol. The van der Waals surface area contributed by atoms with Crippen molar-refractivity contribution < 1.29 is 4.55 Å². The summed E-state index contributed by atoms with van der Waals surface area (Å²) in [5.41, 5.74) is 0.809. The molecule has 0 aliphatic carbocycles. The number of rotatable bonds is 1. The van der Waals surface area contributed by atoms with E-state index in [1.807, 2.05) is 12.1 Å². The Morgan fingerprint density at radius 2 is 2.45 bits per heavy atom. The number of aromatic amines is 1. The van der Waals surface area contributed by atoms with E-state index < -0.39 is 0 Å². The van der Waals surface area contributed by atoms with Crippen LogP contribution in [0.2, 0.25) is 0 Å². The van der Waals surface area contributed by atoms with Crippen molar-refractivity contribution in [2.45, 2.75) is 4.90 Å². The van der Waals surface area contributed by atoms with E-state index in [9.17, 15) is 0 Å². The lowest BCUT2D eigenvalue weighted by molar-refractivity contribution is 0.664. The molecule has 2 rings (SSSR count). The molecule has 0 aromatic carbocycles. The molecule has 0 fully saturated rings. The van der Waals surface area contributed by atoms with Crippen molar-refractivity contribution in [3.8, 4) is 0 Å². The number of fused-ring (bicyclic) bond motifs is 1. The second kappa shape index (κ2) is 2.56. The van der Waals surface area contributed by atoms with E-state index in [-0.39, 0.29) is 0 Å². The molecule has 2 heterocycles. The summed E-state index contributed by atoms with van der Waals surface area (Å²) in [4.78, 5) is 7.83. The van der Waals surface area contributed by atoms with Gasteiger partial charge in [0.05, 0.1) is 4.90 Å². The fourth-order valence-corrected chi connectivity index (χ4v) is 1.38. The highest BCUT2D eigenvalue weighted by Crippen LogP contribution is 2.23. The summed E-state index contributed by atoms with van der Waals surface area (Å²) in [6, 6.07) is 3.76. The first kappa shape index (κ1) is 6.69. The van der Waals surface area contributed by atoms with Crippen LogP contribution in [0.1, 0.15) is 0 Å². The lowest BCUT2D eigenvalue weighted by Crippen LogP contribution is -1.71. The van der Waals surface area contributed by atoms with Crippen molar-refractivity contribution in [1.29, 1.82) is 0 Å². The van der Waals surface area contributed by atoms with E-state index in [4.69, 9.17) is 4.55 Å². The molecule has 0 spiro atoms. The van der Waals surface area contributed by atoms with Gasteiger partial charge in [0, 0.05) is 29.8 Å². The van der Waals surface area contributed by atoms with Crippen LogP contribution < -0.4 is 0 Å². The van der Waals surface area contributed by atoms with Gasteiger partial charge < -0.3 is 9.54 Å². The van der Waals surface area contributed by atoms with Crippen molar-refractivity contribution in [1.82, 2.24) is 9.97 Å². The Hall–Kier alpha value is -1.00. The smallest absolute Gasteiger partial charge is 0.138 e. The number of hydrogen-bond donors (Lipinski definition) is 2. The van der Waals surface area contributed by atoms with Gasteiger partial charge in [-0.05, 0) is 12.1 Å². The molecular weight excluding hydrogens is 160 g/mol. The Bertz CT molecular complexity index is 371. The first-order chi connectivity index (χ1) is 5.42. The Kier molecular flexibility index (Phi) is 1.56. The van der Waals surface area contributed by atoms with Crippen LogP contribution in [-0.2, 0) is 0 Å². The van der Waals surface area contributed by atoms with Crippen LogP contribution >= 0.6 is 12.0 Å². The summed E-state index contributed by atoms with van der Waals surface area (Å²) in [5.74, 6) is 0. The minimum absolute atomic E-state index is 0.734. The molecular formula is C7H6N2OS. The third kappa shape index (κ3) is 1.00. The summed E-state index contributed by atoms with van der Waals surface area (Å²) in [6.45, 7) is 0. The molecule has 2 N–H and O–H groups in total. The molecule has 56 valence electrons. The van der Waals surface area contributed by atoms with Crippen molar-refractivity contribution in [2.75, 3.05) is 0 Å². The lowest BCUT2D eigenvalue weighted by Gasteiger charge is -1.88. The van der Waals surface area contributed by atoms with Gasteiger partial charge in [0.2, 0.25) is 0 Å². The molecule has 2 aromatic heterocycles. The predicted octanol–water partition coefficient (Wildman–Crippen LogP) is 2.13. The number of pyridine rings is 1. The molecule has 4 heteroatoms. The van der Waals surface area contributed by atoms with Gasteiger partial charge in [0.15, 0.2) is 0 Å². The van der Waals surface area contributed by atoms with Gasteiger partial charge >= 0.3 is 0 Å². The van der Waals surface area contributed by atoms with Gasteiger partial charge in [0.25, 0.3) is 0 Å². The fraction of sp³-hybridized carbons (Fsp3) is 0. The number of nitrogens with zero attached hydrogens (tertiary/aromatic N) is 1. The molecule has 0 aliphatic heterocycles. The Morgan fingerprint density at radius 3 is 3.27 bits per heavy atom. The third-order valence-electron chi connectivity index (χ3n) is 1.51. The van der Waals surface area contributed by atoms with E-state index in [0.717, 1.165) is 28.0 Å². The average Bonchev–Trinajstić information content (AvgIpc) is 2.47. The number of H-pyrrole nitrogens is 1. The van der Waals surface area contributed by atoms with Crippen LogP contribution in [0, 0.1) is 0 Å². The Labute approximate surface area is 67.7 Å². The zero-order valence-corrected chi connectivity index (χ0v) is 6.43. The van der Waals surface area contributed by atoms with Gasteiger partial charge in [-0.2, -0.15) is 0 Å². The van der Waals surface area contributed by atoms with E-state index in [2.05, 4.69) is 9.97 Å². The number of aromatic nitrogens is 2. The van der Waals surface area contributed by atoms with Crippen LogP contribution in [0.4, 0.5) is 0 Å². The molecule has 0 unspecified atom stereocenters. The Morgan fingerprint density at radius 1 is 1.55 bits per heavy atom. The zero-order valence-electron chi connectivity index (χ0n) is 5.61. The number of nitrogens with one attached hydrogen (secondary N) is 1. The van der Waals surface area contributed by atoms with E-state index in [1.54, 1.807) is 12.4 Å². The molecule has 0 atom stereocenters. The van der Waals surface area contributed by atoms with Crippen molar-refractivity contribution in [3.63, 3.8) is 0 Å². The molecule has 2 aromatic rings. The summed E-state index contributed by atoms with van der Waals surface area (Å²) in [5, 5.41) is 0.958. The molecule has 0 saturated heterocycles. The Balaban J connectivity index is 2.76. The van der Waals surface area contributed by atoms with Gasteiger partial charge in [-0.15, -0.1) is 0 Å². The summed E-state index contributed by atoms with van der Waals surface area (Å²) >= 11 is 0.734. The van der Waals surface area contributed by atoms with Gasteiger partial charge in [-0.1, -0.05) is 0 Å². The maximum absolute atomic E-state index is 8.79. The van der Waals surface area contributed by atoms with Crippen molar-refractivity contribution in [2.24, 2.45) is 0 Å². The normalized spacial score (nSPS) is 10.6. The van der Waals surface area contributed by atoms with E-state index in [0.29, 0.717) is 0 Å². The first-order valence-electron chi connectivity index (χ1n) is 3.15. The van der Waals surface area contributed by atoms with Gasteiger partial charge in [-0.3, -0.25) is 0 Å². The predicted molar refractivity (Wildman–Crippen MR) is 44.6 cm³/mol. The maximum atomic E-state index is 8.79. The lowest BCUT2D eigenvalue weighted by atomic mass is 10.3. The summed E-state index contributed by atoms with van der Waals surface area (Å²) in [6.07, 6.45) is 3.45.